The molecule has 3 aliphatic heterocycles. The van der Waals surface area contributed by atoms with Gasteiger partial charge in [-0.15, -0.1) is 0 Å². The van der Waals surface area contributed by atoms with Crippen LogP contribution in [0.4, 0.5) is 4.79 Å². The van der Waals surface area contributed by atoms with Crippen LogP contribution in [0.3, 0.4) is 0 Å². The fourth-order valence-electron chi connectivity index (χ4n) is 5.44. The van der Waals surface area contributed by atoms with Crippen molar-refractivity contribution in [2.75, 3.05) is 39.3 Å². The largest absolute Gasteiger partial charge is 0.326 e. The molecule has 0 radical (unpaired) electrons. The Balaban J connectivity index is 1.21. The highest BCUT2D eigenvalue weighted by Gasteiger charge is 2.43. The molecule has 0 aromatic rings. The zero-order valence-corrected chi connectivity index (χ0v) is 16.1. The van der Waals surface area contributed by atoms with E-state index in [4.69, 9.17) is 5.26 Å². The van der Waals surface area contributed by atoms with Gasteiger partial charge in [-0.2, -0.15) is 5.26 Å². The number of likely N-dealkylation sites (tertiary alicyclic amines) is 3. The first kappa shape index (κ1) is 18.5. The fourth-order valence-corrected chi connectivity index (χ4v) is 5.44. The minimum absolute atomic E-state index is 0.0537. The number of nitriles is 1. The van der Waals surface area contributed by atoms with Crippen LogP contribution in [0.2, 0.25) is 0 Å². The third kappa shape index (κ3) is 3.91. The van der Waals surface area contributed by atoms with Crippen molar-refractivity contribution < 1.29 is 9.59 Å². The molecule has 4 aliphatic rings. The Morgan fingerprint density at radius 2 is 1.67 bits per heavy atom. The van der Waals surface area contributed by atoms with E-state index in [2.05, 4.69) is 16.3 Å². The zero-order chi connectivity index (χ0) is 18.8. The normalized spacial score (nSPS) is 33.2. The lowest BCUT2D eigenvalue weighted by molar-refractivity contribution is -0.130. The monoisotopic (exact) mass is 373 g/mol. The summed E-state index contributed by atoms with van der Waals surface area (Å²) in [5.41, 5.74) is 0. The van der Waals surface area contributed by atoms with E-state index < -0.39 is 0 Å². The number of fused-ring (bicyclic) bond motifs is 1. The van der Waals surface area contributed by atoms with Crippen LogP contribution in [0.5, 0.6) is 0 Å². The molecule has 7 nitrogen and oxygen atoms in total. The number of hydrogen-bond acceptors (Lipinski definition) is 4. The molecule has 1 saturated carbocycles. The summed E-state index contributed by atoms with van der Waals surface area (Å²) in [5, 5.41) is 12.6. The van der Waals surface area contributed by atoms with Crippen LogP contribution in [0.15, 0.2) is 0 Å². The van der Waals surface area contributed by atoms with Crippen molar-refractivity contribution >= 4 is 11.9 Å². The second-order valence-corrected chi connectivity index (χ2v) is 8.68. The molecular weight excluding hydrogens is 342 g/mol. The number of piperidine rings is 1. The van der Waals surface area contributed by atoms with Crippen molar-refractivity contribution in [2.24, 2.45) is 11.8 Å². The van der Waals surface area contributed by atoms with Gasteiger partial charge in [-0.05, 0) is 56.8 Å². The molecule has 0 bridgehead atoms. The van der Waals surface area contributed by atoms with Crippen molar-refractivity contribution in [3.8, 4) is 6.07 Å². The molecule has 3 amide bonds. The van der Waals surface area contributed by atoms with Crippen LogP contribution in [0.25, 0.3) is 0 Å². The highest BCUT2D eigenvalue weighted by molar-refractivity contribution is 5.79. The molecule has 4 fully saturated rings. The average Bonchev–Trinajstić information content (AvgIpc) is 3.40. The number of carbonyl (C=O) groups excluding carboxylic acids is 2. The molecule has 0 aromatic heterocycles. The van der Waals surface area contributed by atoms with E-state index in [1.165, 1.54) is 6.42 Å². The van der Waals surface area contributed by atoms with Crippen molar-refractivity contribution in [2.45, 2.75) is 57.0 Å². The Kier molecular flexibility index (Phi) is 5.53. The number of nitrogens with one attached hydrogen (secondary N) is 1. The molecule has 4 rings (SSSR count). The Bertz CT molecular complexity index is 598. The summed E-state index contributed by atoms with van der Waals surface area (Å²) in [7, 11) is 0. The van der Waals surface area contributed by atoms with Crippen molar-refractivity contribution in [1.82, 2.24) is 20.0 Å². The van der Waals surface area contributed by atoms with Crippen molar-refractivity contribution in [1.29, 1.82) is 5.26 Å². The van der Waals surface area contributed by atoms with Gasteiger partial charge in [-0.3, -0.25) is 4.79 Å². The van der Waals surface area contributed by atoms with Crippen LogP contribution in [-0.2, 0) is 4.79 Å². The molecule has 1 aliphatic carbocycles. The first-order chi connectivity index (χ1) is 13.2. The predicted octanol–water partition coefficient (Wildman–Crippen LogP) is 1.41. The smallest absolute Gasteiger partial charge is 0.320 e. The molecule has 3 atom stereocenters. The maximum absolute atomic E-state index is 12.7. The Morgan fingerprint density at radius 1 is 0.963 bits per heavy atom. The van der Waals surface area contributed by atoms with Crippen LogP contribution in [-0.4, -0.2) is 78.0 Å². The molecule has 3 heterocycles. The molecule has 2 unspecified atom stereocenters. The van der Waals surface area contributed by atoms with Gasteiger partial charge in [0.2, 0.25) is 5.91 Å². The summed E-state index contributed by atoms with van der Waals surface area (Å²) < 4.78 is 0. The van der Waals surface area contributed by atoms with Crippen LogP contribution >= 0.6 is 0 Å². The lowest BCUT2D eigenvalue weighted by atomic mass is 10.0. The van der Waals surface area contributed by atoms with E-state index >= 15 is 0 Å². The van der Waals surface area contributed by atoms with Crippen LogP contribution < -0.4 is 5.32 Å². The van der Waals surface area contributed by atoms with Gasteiger partial charge >= 0.3 is 6.03 Å². The van der Waals surface area contributed by atoms with Gasteiger partial charge in [0.1, 0.15) is 6.04 Å². The minimum Gasteiger partial charge on any atom is -0.326 e. The van der Waals surface area contributed by atoms with Gasteiger partial charge in [0.25, 0.3) is 0 Å². The lowest BCUT2D eigenvalue weighted by Gasteiger charge is -2.31. The molecule has 3 saturated heterocycles. The number of nitrogens with zero attached hydrogens (tertiary/aromatic N) is 4. The first-order valence-electron chi connectivity index (χ1n) is 10.6. The van der Waals surface area contributed by atoms with E-state index in [9.17, 15) is 9.59 Å². The number of amides is 3. The third-order valence-electron chi connectivity index (χ3n) is 6.91. The Labute approximate surface area is 161 Å². The number of urea groups is 1. The topological polar surface area (TPSA) is 79.7 Å². The van der Waals surface area contributed by atoms with Gasteiger partial charge in [-0.25, -0.2) is 4.79 Å². The number of hydrogen-bond donors (Lipinski definition) is 1. The van der Waals surface area contributed by atoms with Crippen molar-refractivity contribution in [3.63, 3.8) is 0 Å². The molecule has 27 heavy (non-hydrogen) atoms. The van der Waals surface area contributed by atoms with Gasteiger partial charge in [0, 0.05) is 38.8 Å². The van der Waals surface area contributed by atoms with E-state index in [-0.39, 0.29) is 18.0 Å². The second kappa shape index (κ2) is 8.05. The van der Waals surface area contributed by atoms with Gasteiger partial charge < -0.3 is 20.0 Å². The van der Waals surface area contributed by atoms with Crippen LogP contribution in [0.1, 0.15) is 44.9 Å². The molecule has 148 valence electrons. The van der Waals surface area contributed by atoms with E-state index in [1.807, 2.05) is 4.90 Å². The van der Waals surface area contributed by atoms with Crippen molar-refractivity contribution in [3.05, 3.63) is 0 Å². The maximum atomic E-state index is 12.7. The highest BCUT2D eigenvalue weighted by Crippen LogP contribution is 2.38. The Hall–Kier alpha value is -1.81. The second-order valence-electron chi connectivity index (χ2n) is 8.68. The molecule has 0 aromatic carbocycles. The van der Waals surface area contributed by atoms with E-state index in [0.717, 1.165) is 64.7 Å². The van der Waals surface area contributed by atoms with Gasteiger partial charge in [-0.1, -0.05) is 0 Å². The quantitative estimate of drug-likeness (QED) is 0.811. The Morgan fingerprint density at radius 3 is 2.33 bits per heavy atom. The van der Waals surface area contributed by atoms with Gasteiger partial charge in [0.05, 0.1) is 12.6 Å². The third-order valence-corrected chi connectivity index (χ3v) is 6.91. The summed E-state index contributed by atoms with van der Waals surface area (Å²) in [6, 6.07) is 2.59. The molecule has 0 spiro atoms. The SMILES string of the molecule is N#C[C@@H]1CCCN1C(=O)CNC1CC2CN(C(=O)N3CCCCC3)CC2C1. The maximum Gasteiger partial charge on any atom is 0.320 e. The molecule has 7 heteroatoms. The minimum atomic E-state index is -0.239. The lowest BCUT2D eigenvalue weighted by Crippen LogP contribution is -2.45. The molecular formula is C20H31N5O2. The number of rotatable bonds is 3. The van der Waals surface area contributed by atoms with E-state index in [1.54, 1.807) is 4.90 Å². The highest BCUT2D eigenvalue weighted by atomic mass is 16.2. The van der Waals surface area contributed by atoms with Crippen LogP contribution in [0, 0.1) is 23.2 Å². The summed E-state index contributed by atoms with van der Waals surface area (Å²) in [5.74, 6) is 1.17. The summed E-state index contributed by atoms with van der Waals surface area (Å²) in [4.78, 5) is 30.9. The fraction of sp³-hybridized carbons (Fsp3) is 0.850. The zero-order valence-electron chi connectivity index (χ0n) is 16.1. The summed E-state index contributed by atoms with van der Waals surface area (Å²) in [6.07, 6.45) is 7.34. The standard InChI is InChI=1S/C20H31N5O2/c21-11-18-5-4-8-25(18)19(26)12-22-17-9-15-13-24(14-16(15)10-17)20(27)23-6-2-1-3-7-23/h15-18,22H,1-10,12-14H2/t15?,16?,17?,18-/m0/s1. The van der Waals surface area contributed by atoms with Gasteiger partial charge in [0.15, 0.2) is 0 Å². The number of carbonyl (C=O) groups is 2. The summed E-state index contributed by atoms with van der Waals surface area (Å²) in [6.45, 7) is 4.61. The predicted molar refractivity (Wildman–Crippen MR) is 101 cm³/mol. The first-order valence-corrected chi connectivity index (χ1v) is 10.6. The average molecular weight is 374 g/mol. The van der Waals surface area contributed by atoms with E-state index in [0.29, 0.717) is 31.0 Å². The molecule has 1 N–H and O–H groups in total. The summed E-state index contributed by atoms with van der Waals surface area (Å²) >= 11 is 0.